The topological polar surface area (TPSA) is 84.2 Å². The zero-order valence-electron chi connectivity index (χ0n) is 18.0. The molecule has 2 aromatic carbocycles. The van der Waals surface area contributed by atoms with Crippen molar-refractivity contribution in [3.8, 4) is 22.1 Å². The van der Waals surface area contributed by atoms with E-state index in [1.54, 1.807) is 30.4 Å². The van der Waals surface area contributed by atoms with Crippen molar-refractivity contribution < 1.29 is 9.84 Å². The van der Waals surface area contributed by atoms with Gasteiger partial charge in [0.2, 0.25) is 5.95 Å². The molecule has 0 fully saturated rings. The molecule has 10 heteroatoms. The molecule has 0 aliphatic carbocycles. The number of aromatic nitrogens is 3. The molecular weight excluding hydrogens is 478 g/mol. The van der Waals surface area contributed by atoms with Crippen molar-refractivity contribution in [3.63, 3.8) is 0 Å². The zero-order chi connectivity index (χ0) is 23.0. The molecule has 0 saturated carbocycles. The van der Waals surface area contributed by atoms with E-state index in [1.165, 1.54) is 5.56 Å². The van der Waals surface area contributed by atoms with E-state index in [0.29, 0.717) is 18.2 Å². The molecule has 33 heavy (non-hydrogen) atoms. The molecule has 0 unspecified atom stereocenters. The maximum atomic E-state index is 9.18. The van der Waals surface area contributed by atoms with E-state index >= 15 is 0 Å². The van der Waals surface area contributed by atoms with Crippen LogP contribution in [-0.2, 0) is 6.42 Å². The minimum absolute atomic E-state index is 0.0471. The molecule has 2 heterocycles. The minimum atomic E-state index is 0.0471. The summed E-state index contributed by atoms with van der Waals surface area (Å²) in [6.45, 7) is 0.503. The lowest BCUT2D eigenvalue weighted by molar-refractivity contribution is 0.311. The van der Waals surface area contributed by atoms with Crippen molar-refractivity contribution in [2.45, 2.75) is 6.42 Å². The van der Waals surface area contributed by atoms with Crippen molar-refractivity contribution in [1.29, 1.82) is 0 Å². The van der Waals surface area contributed by atoms with Gasteiger partial charge in [-0.1, -0.05) is 29.8 Å². The Labute approximate surface area is 205 Å². The maximum Gasteiger partial charge on any atom is 0.239 e. The second-order valence-electron chi connectivity index (χ2n) is 7.02. The summed E-state index contributed by atoms with van der Waals surface area (Å²) in [4.78, 5) is 0.998. The first-order valence-corrected chi connectivity index (χ1v) is 12.6. The summed E-state index contributed by atoms with van der Waals surface area (Å²) < 4.78 is 11.0. The van der Waals surface area contributed by atoms with Crippen LogP contribution in [0.25, 0.3) is 16.4 Å². The smallest absolute Gasteiger partial charge is 0.239 e. The molecule has 2 aromatic heterocycles. The number of nitrogens with one attached hydrogen (secondary N) is 2. The number of hydrogen-bond donors (Lipinski definition) is 3. The number of aryl methyl sites for hydroxylation is 1. The lowest BCUT2D eigenvalue weighted by Crippen LogP contribution is -2.08. The number of thiophene rings is 1. The van der Waals surface area contributed by atoms with Crippen LogP contribution in [0, 0.1) is 0 Å². The average Bonchev–Trinajstić information content (AvgIpc) is 3.51. The number of benzene rings is 2. The summed E-state index contributed by atoms with van der Waals surface area (Å²) in [5.74, 6) is 2.87. The molecule has 0 aliphatic heterocycles. The van der Waals surface area contributed by atoms with Crippen molar-refractivity contribution >= 4 is 46.5 Å². The first-order chi connectivity index (χ1) is 16.2. The van der Waals surface area contributed by atoms with Crippen LogP contribution < -0.4 is 14.8 Å². The van der Waals surface area contributed by atoms with E-state index in [0.717, 1.165) is 39.3 Å². The van der Waals surface area contributed by atoms with Crippen LogP contribution in [0.1, 0.15) is 5.56 Å². The third-order valence-corrected chi connectivity index (χ3v) is 6.69. The first kappa shape index (κ1) is 23.4. The molecule has 0 saturated heterocycles. The van der Waals surface area contributed by atoms with E-state index in [-0.39, 0.29) is 6.61 Å². The number of anilines is 2. The van der Waals surface area contributed by atoms with Gasteiger partial charge >= 0.3 is 0 Å². The molecule has 4 rings (SSSR count). The van der Waals surface area contributed by atoms with E-state index in [1.807, 2.05) is 64.5 Å². The molecule has 4 aromatic rings. The number of hydrogen-bond acceptors (Lipinski definition) is 8. The predicted octanol–water partition coefficient (Wildman–Crippen LogP) is 5.36. The quantitative estimate of drug-likeness (QED) is 0.188. The minimum Gasteiger partial charge on any atom is -0.495 e. The highest BCUT2D eigenvalue weighted by molar-refractivity contribution is 8.00. The van der Waals surface area contributed by atoms with Gasteiger partial charge in [0.1, 0.15) is 5.75 Å². The summed E-state index contributed by atoms with van der Waals surface area (Å²) in [5, 5.41) is 24.0. The van der Waals surface area contributed by atoms with E-state index in [2.05, 4.69) is 20.2 Å². The van der Waals surface area contributed by atoms with Gasteiger partial charge in [0, 0.05) is 23.0 Å². The molecular formula is C23H24ClN5O2S2. The van der Waals surface area contributed by atoms with Crippen molar-refractivity contribution in [3.05, 3.63) is 70.6 Å². The Morgan fingerprint density at radius 3 is 2.73 bits per heavy atom. The third kappa shape index (κ3) is 5.80. The van der Waals surface area contributed by atoms with E-state index < -0.39 is 0 Å². The monoisotopic (exact) mass is 501 g/mol. The van der Waals surface area contributed by atoms with Gasteiger partial charge in [-0.25, -0.2) is 0 Å². The normalized spacial score (nSPS) is 10.9. The number of ether oxygens (including phenoxy) is 1. The molecule has 0 aliphatic rings. The summed E-state index contributed by atoms with van der Waals surface area (Å²) in [5.41, 5.74) is 2.89. The second kappa shape index (κ2) is 11.4. The standard InChI is InChI=1S/C23H24ClN5O2S2/c1-31-20-9-8-18(25-11-12-30)15-19(20)29-22(21-3-2-13-32-21)26-27-23(29)28-33-14-10-16-4-6-17(24)7-5-16/h2-9,13,15,25,30H,10-12,14H2,1H3,(H,27,28). The molecule has 172 valence electrons. The summed E-state index contributed by atoms with van der Waals surface area (Å²) in [6, 6.07) is 17.7. The van der Waals surface area contributed by atoms with Gasteiger partial charge in [-0.2, -0.15) is 0 Å². The average molecular weight is 502 g/mol. The predicted molar refractivity (Wildman–Crippen MR) is 138 cm³/mol. The summed E-state index contributed by atoms with van der Waals surface area (Å²) >= 11 is 9.14. The second-order valence-corrected chi connectivity index (χ2v) is 9.31. The Morgan fingerprint density at radius 2 is 2.00 bits per heavy atom. The zero-order valence-corrected chi connectivity index (χ0v) is 20.4. The van der Waals surface area contributed by atoms with Gasteiger partial charge in [-0.15, -0.1) is 21.5 Å². The molecule has 3 N–H and O–H groups in total. The Bertz CT molecular complexity index is 1170. The van der Waals surface area contributed by atoms with Crippen LogP contribution in [0.3, 0.4) is 0 Å². The fraction of sp³-hybridized carbons (Fsp3) is 0.217. The lowest BCUT2D eigenvalue weighted by atomic mass is 10.2. The summed E-state index contributed by atoms with van der Waals surface area (Å²) in [7, 11) is 1.64. The third-order valence-electron chi connectivity index (χ3n) is 4.83. The van der Waals surface area contributed by atoms with Crippen LogP contribution >= 0.6 is 34.9 Å². The van der Waals surface area contributed by atoms with Crippen molar-refractivity contribution in [2.24, 2.45) is 0 Å². The fourth-order valence-electron chi connectivity index (χ4n) is 3.25. The fourth-order valence-corrected chi connectivity index (χ4v) is 4.78. The Morgan fingerprint density at radius 1 is 1.15 bits per heavy atom. The first-order valence-electron chi connectivity index (χ1n) is 10.3. The largest absolute Gasteiger partial charge is 0.495 e. The Balaban J connectivity index is 1.60. The van der Waals surface area contributed by atoms with E-state index in [9.17, 15) is 5.11 Å². The highest BCUT2D eigenvalue weighted by Crippen LogP contribution is 2.35. The molecule has 7 nitrogen and oxygen atoms in total. The maximum absolute atomic E-state index is 9.18. The van der Waals surface area contributed by atoms with Gasteiger partial charge in [-0.05, 0) is 65.7 Å². The van der Waals surface area contributed by atoms with Crippen molar-refractivity contribution in [1.82, 2.24) is 14.8 Å². The van der Waals surface area contributed by atoms with Gasteiger partial charge in [0.05, 0.1) is 24.3 Å². The number of nitrogens with zero attached hydrogens (tertiary/aromatic N) is 3. The van der Waals surface area contributed by atoms with Crippen LogP contribution in [-0.4, -0.2) is 45.9 Å². The van der Waals surface area contributed by atoms with Crippen LogP contribution in [0.15, 0.2) is 60.0 Å². The van der Waals surface area contributed by atoms with Crippen molar-refractivity contribution in [2.75, 3.05) is 36.1 Å². The molecule has 0 spiro atoms. The van der Waals surface area contributed by atoms with Gasteiger partial charge in [0.15, 0.2) is 5.82 Å². The lowest BCUT2D eigenvalue weighted by Gasteiger charge is -2.16. The highest BCUT2D eigenvalue weighted by Gasteiger charge is 2.20. The Kier molecular flexibility index (Phi) is 8.11. The van der Waals surface area contributed by atoms with E-state index in [4.69, 9.17) is 16.3 Å². The number of methoxy groups -OCH3 is 1. The number of aliphatic hydroxyl groups is 1. The number of halogens is 1. The molecule has 0 bridgehead atoms. The van der Waals surface area contributed by atoms with Gasteiger partial charge in [0.25, 0.3) is 0 Å². The van der Waals surface area contributed by atoms with Gasteiger partial charge < -0.3 is 15.2 Å². The molecule has 0 amide bonds. The number of rotatable bonds is 11. The highest BCUT2D eigenvalue weighted by atomic mass is 35.5. The van der Waals surface area contributed by atoms with Crippen LogP contribution in [0.5, 0.6) is 5.75 Å². The molecule has 0 radical (unpaired) electrons. The SMILES string of the molecule is COc1ccc(NCCO)cc1-n1c(NSCCc2ccc(Cl)cc2)nnc1-c1cccs1. The number of aliphatic hydroxyl groups excluding tert-OH is 1. The Hall–Kier alpha value is -2.72. The summed E-state index contributed by atoms with van der Waals surface area (Å²) in [6.07, 6.45) is 0.893. The van der Waals surface area contributed by atoms with Crippen LogP contribution in [0.2, 0.25) is 5.02 Å². The van der Waals surface area contributed by atoms with Crippen LogP contribution in [0.4, 0.5) is 11.6 Å². The van der Waals surface area contributed by atoms with Gasteiger partial charge in [-0.3, -0.25) is 9.29 Å². The molecule has 0 atom stereocenters.